The van der Waals surface area contributed by atoms with Crippen molar-refractivity contribution in [2.24, 2.45) is 16.8 Å². The summed E-state index contributed by atoms with van der Waals surface area (Å²) in [4.78, 5) is 30.5. The van der Waals surface area contributed by atoms with E-state index in [0.717, 1.165) is 66.8 Å². The van der Waals surface area contributed by atoms with Gasteiger partial charge in [-0.2, -0.15) is 0 Å². The topological polar surface area (TPSA) is 61.7 Å². The molecule has 9 heteroatoms. The highest BCUT2D eigenvalue weighted by Crippen LogP contribution is 2.32. The number of aryl methyl sites for hydroxylation is 1. The van der Waals surface area contributed by atoms with E-state index in [9.17, 15) is 13.6 Å². The van der Waals surface area contributed by atoms with E-state index in [4.69, 9.17) is 4.98 Å². The summed E-state index contributed by atoms with van der Waals surface area (Å²) in [6.07, 6.45) is 11.7. The molecule has 0 unspecified atom stereocenters. The van der Waals surface area contributed by atoms with Crippen LogP contribution in [0.5, 0.6) is 0 Å². The lowest BCUT2D eigenvalue weighted by Crippen LogP contribution is -2.56. The zero-order valence-corrected chi connectivity index (χ0v) is 21.8. The predicted octanol–water partition coefficient (Wildman–Crippen LogP) is 4.74. The minimum absolute atomic E-state index is 0.0765. The van der Waals surface area contributed by atoms with Gasteiger partial charge in [0.15, 0.2) is 0 Å². The first-order valence-electron chi connectivity index (χ1n) is 13.2. The van der Waals surface area contributed by atoms with Gasteiger partial charge in [0.2, 0.25) is 0 Å². The van der Waals surface area contributed by atoms with Gasteiger partial charge in [0.05, 0.1) is 24.5 Å². The number of amides is 1. The molecule has 6 nitrogen and oxygen atoms in total. The zero-order valence-electron chi connectivity index (χ0n) is 21.0. The molecule has 1 saturated carbocycles. The number of thiazole rings is 1. The van der Waals surface area contributed by atoms with Crippen LogP contribution < -0.4 is 4.90 Å². The average molecular weight is 516 g/mol. The number of rotatable bonds is 7. The highest BCUT2D eigenvalue weighted by molar-refractivity contribution is 7.11. The molecule has 194 valence electrons. The van der Waals surface area contributed by atoms with Gasteiger partial charge in [-0.05, 0) is 75.5 Å². The Kier molecular flexibility index (Phi) is 7.76. The molecule has 4 heterocycles. The van der Waals surface area contributed by atoms with Crippen LogP contribution in [0, 0.1) is 18.8 Å². The normalized spacial score (nSPS) is 24.4. The molecular weight excluding hydrogens is 480 g/mol. The van der Waals surface area contributed by atoms with Crippen molar-refractivity contribution in [2.75, 3.05) is 37.6 Å². The molecule has 1 saturated heterocycles. The fourth-order valence-electron chi connectivity index (χ4n) is 5.55. The molecule has 2 fully saturated rings. The molecule has 0 N–H and O–H groups in total. The van der Waals surface area contributed by atoms with Crippen molar-refractivity contribution in [3.8, 4) is 0 Å². The van der Waals surface area contributed by atoms with Gasteiger partial charge in [0.25, 0.3) is 11.8 Å². The maximum absolute atomic E-state index is 13.2. The molecule has 0 radical (unpaired) electrons. The van der Waals surface area contributed by atoms with Crippen molar-refractivity contribution in [3.05, 3.63) is 39.5 Å². The van der Waals surface area contributed by atoms with Gasteiger partial charge in [-0.3, -0.25) is 4.79 Å². The summed E-state index contributed by atoms with van der Waals surface area (Å²) >= 11 is 1.56. The Morgan fingerprint density at radius 3 is 2.69 bits per heavy atom. The van der Waals surface area contributed by atoms with Crippen molar-refractivity contribution in [3.63, 3.8) is 0 Å². The number of aromatic nitrogens is 2. The molecule has 0 spiro atoms. The summed E-state index contributed by atoms with van der Waals surface area (Å²) in [6.45, 7) is 4.60. The number of anilines is 1. The first-order valence-corrected chi connectivity index (χ1v) is 14.0. The smallest absolute Gasteiger partial charge is 0.282 e. The highest BCUT2D eigenvalue weighted by Gasteiger charge is 2.44. The first-order chi connectivity index (χ1) is 17.3. The minimum Gasteiger partial charge on any atom is -0.344 e. The van der Waals surface area contributed by atoms with Gasteiger partial charge in [-0.15, -0.1) is 11.3 Å². The van der Waals surface area contributed by atoms with Crippen molar-refractivity contribution in [1.29, 1.82) is 0 Å². The Morgan fingerprint density at radius 2 is 1.97 bits per heavy atom. The van der Waals surface area contributed by atoms with Gasteiger partial charge >= 0.3 is 0 Å². The van der Waals surface area contributed by atoms with Gasteiger partial charge in [-0.25, -0.2) is 23.7 Å². The molecule has 1 aliphatic carbocycles. The molecule has 1 amide bonds. The monoisotopic (exact) mass is 515 g/mol. The summed E-state index contributed by atoms with van der Waals surface area (Å²) in [5.41, 5.74) is 2.33. The van der Waals surface area contributed by atoms with E-state index >= 15 is 0 Å². The highest BCUT2D eigenvalue weighted by atomic mass is 32.1. The molecule has 2 aromatic heterocycles. The van der Waals surface area contributed by atoms with E-state index in [1.54, 1.807) is 22.4 Å². The van der Waals surface area contributed by atoms with E-state index in [2.05, 4.69) is 20.9 Å². The molecule has 0 aromatic carbocycles. The van der Waals surface area contributed by atoms with E-state index in [1.807, 2.05) is 19.2 Å². The average Bonchev–Trinajstić information content (AvgIpc) is 3.14. The number of nitrogens with zero attached hydrogens (tertiary/aromatic N) is 5. The molecule has 2 aromatic rings. The second kappa shape index (κ2) is 11.0. The van der Waals surface area contributed by atoms with Crippen molar-refractivity contribution < 1.29 is 13.6 Å². The third-order valence-corrected chi connectivity index (χ3v) is 8.67. The number of pyridine rings is 1. The predicted molar refractivity (Wildman–Crippen MR) is 139 cm³/mol. The lowest BCUT2D eigenvalue weighted by molar-refractivity contribution is -0.117. The molecule has 0 bridgehead atoms. The van der Waals surface area contributed by atoms with Crippen LogP contribution in [-0.2, 0) is 24.1 Å². The maximum atomic E-state index is 13.2. The standard InChI is InChI=1S/C27H35F2N5OS/c1-19-30-16-23(36-19)14-26(35)31-15-21-4-2-20(3-5-21)8-11-33-12-9-22-6-7-25(32-24(22)10-13-33)34-17-27(28,29)18-34/h6-7,15-16,20-21H,2-5,8-14,17-18H2,1H3. The number of hydrogen-bond donors (Lipinski definition) is 0. The lowest BCUT2D eigenvalue weighted by atomic mass is 9.81. The van der Waals surface area contributed by atoms with Crippen LogP contribution in [0.1, 0.15) is 53.2 Å². The Hall–Kier alpha value is -2.26. The summed E-state index contributed by atoms with van der Waals surface area (Å²) < 4.78 is 26.5. The third-order valence-electron chi connectivity index (χ3n) is 7.75. The Balaban J connectivity index is 1.02. The number of carbonyl (C=O) groups excluding carboxylic acids is 1. The van der Waals surface area contributed by atoms with E-state index in [0.29, 0.717) is 18.2 Å². The molecule has 0 atom stereocenters. The van der Waals surface area contributed by atoms with Crippen LogP contribution in [0.25, 0.3) is 0 Å². The Bertz CT molecular complexity index is 1090. The summed E-state index contributed by atoms with van der Waals surface area (Å²) in [5, 5.41) is 0.979. The first kappa shape index (κ1) is 25.4. The molecular formula is C27H35F2N5OS. The SMILES string of the molecule is Cc1ncc(CC(=O)N=CC2CCC(CCN3CCc4ccc(N5CC(F)(F)C5)nc4CC3)CC2)s1. The summed E-state index contributed by atoms with van der Waals surface area (Å²) in [5.74, 6) is -0.821. The van der Waals surface area contributed by atoms with Crippen LogP contribution >= 0.6 is 11.3 Å². The van der Waals surface area contributed by atoms with Crippen LogP contribution in [0.2, 0.25) is 0 Å². The van der Waals surface area contributed by atoms with E-state index in [-0.39, 0.29) is 19.0 Å². The van der Waals surface area contributed by atoms with Crippen molar-refractivity contribution >= 4 is 29.3 Å². The van der Waals surface area contributed by atoms with Gasteiger partial charge in [0.1, 0.15) is 5.82 Å². The second-order valence-electron chi connectivity index (χ2n) is 10.6. The van der Waals surface area contributed by atoms with Gasteiger partial charge in [-0.1, -0.05) is 6.07 Å². The molecule has 5 rings (SSSR count). The number of carbonyl (C=O) groups is 1. The quantitative estimate of drug-likeness (QED) is 0.499. The number of halogens is 2. The fourth-order valence-corrected chi connectivity index (χ4v) is 6.34. The minimum atomic E-state index is -2.57. The number of aliphatic imine (C=N–C) groups is 1. The number of fused-ring (bicyclic) bond motifs is 1. The van der Waals surface area contributed by atoms with Gasteiger partial charge < -0.3 is 9.80 Å². The summed E-state index contributed by atoms with van der Waals surface area (Å²) in [7, 11) is 0. The van der Waals surface area contributed by atoms with Crippen LogP contribution in [0.3, 0.4) is 0 Å². The number of hydrogen-bond acceptors (Lipinski definition) is 6. The lowest BCUT2D eigenvalue weighted by Gasteiger charge is -2.39. The van der Waals surface area contributed by atoms with Crippen LogP contribution in [0.4, 0.5) is 14.6 Å². The fraction of sp³-hybridized carbons (Fsp3) is 0.630. The summed E-state index contributed by atoms with van der Waals surface area (Å²) in [6, 6.07) is 3.99. The van der Waals surface area contributed by atoms with Crippen molar-refractivity contribution in [2.45, 2.75) is 64.2 Å². The largest absolute Gasteiger partial charge is 0.344 e. The number of alkyl halides is 2. The molecule has 2 aliphatic heterocycles. The van der Waals surface area contributed by atoms with Crippen molar-refractivity contribution in [1.82, 2.24) is 14.9 Å². The molecule has 3 aliphatic rings. The Morgan fingerprint density at radius 1 is 1.19 bits per heavy atom. The Labute approximate surface area is 215 Å². The van der Waals surface area contributed by atoms with E-state index in [1.165, 1.54) is 24.8 Å². The van der Waals surface area contributed by atoms with Gasteiger partial charge in [0, 0.05) is 42.5 Å². The third kappa shape index (κ3) is 6.54. The zero-order chi connectivity index (χ0) is 25.1. The van der Waals surface area contributed by atoms with Crippen LogP contribution in [-0.4, -0.2) is 65.6 Å². The molecule has 36 heavy (non-hydrogen) atoms. The maximum Gasteiger partial charge on any atom is 0.282 e. The van der Waals surface area contributed by atoms with E-state index < -0.39 is 5.92 Å². The van der Waals surface area contributed by atoms with Crippen LogP contribution in [0.15, 0.2) is 23.3 Å². The second-order valence-corrected chi connectivity index (χ2v) is 11.9.